The van der Waals surface area contributed by atoms with Gasteiger partial charge in [0.15, 0.2) is 0 Å². The van der Waals surface area contributed by atoms with Gasteiger partial charge in [-0.05, 0) is 47.9 Å². The third kappa shape index (κ3) is 4.39. The summed E-state index contributed by atoms with van der Waals surface area (Å²) < 4.78 is 26.8. The number of nitrogens with zero attached hydrogens (tertiary/aromatic N) is 2. The molecule has 4 nitrogen and oxygen atoms in total. The van der Waals surface area contributed by atoms with E-state index >= 15 is 0 Å². The van der Waals surface area contributed by atoms with E-state index in [-0.39, 0.29) is 22.9 Å². The molecule has 7 heteroatoms. The highest BCUT2D eigenvalue weighted by atomic mass is 35.5. The molecule has 1 atom stereocenters. The Hall–Kier alpha value is -2.18. The molecule has 0 radical (unpaired) electrons. The molecule has 2 aromatic rings. The van der Waals surface area contributed by atoms with Crippen molar-refractivity contribution in [2.75, 3.05) is 26.7 Å². The highest BCUT2D eigenvalue weighted by Crippen LogP contribution is 2.27. The Morgan fingerprint density at radius 3 is 2.78 bits per heavy atom. The summed E-state index contributed by atoms with van der Waals surface area (Å²) in [5, 5.41) is 3.33. The Bertz CT molecular complexity index is 846. The van der Waals surface area contributed by atoms with Gasteiger partial charge in [-0.25, -0.2) is 13.6 Å². The number of urea groups is 1. The minimum Gasteiger partial charge on any atom is -0.323 e. The lowest BCUT2D eigenvalue weighted by Gasteiger charge is -2.39. The predicted octanol–water partition coefficient (Wildman–Crippen LogP) is 4.12. The van der Waals surface area contributed by atoms with E-state index in [0.29, 0.717) is 26.2 Å². The van der Waals surface area contributed by atoms with Crippen molar-refractivity contribution in [1.29, 1.82) is 0 Å². The molecule has 27 heavy (non-hydrogen) atoms. The van der Waals surface area contributed by atoms with E-state index < -0.39 is 5.82 Å². The van der Waals surface area contributed by atoms with E-state index in [1.807, 2.05) is 6.92 Å². The van der Waals surface area contributed by atoms with Crippen LogP contribution in [0.25, 0.3) is 0 Å². The first-order valence-electron chi connectivity index (χ1n) is 8.79. The fourth-order valence-electron chi connectivity index (χ4n) is 3.42. The fraction of sp³-hybridized carbons (Fsp3) is 0.350. The number of nitrogens with one attached hydrogen (secondary N) is 1. The molecule has 1 aliphatic heterocycles. The molecule has 0 bridgehead atoms. The third-order valence-corrected chi connectivity index (χ3v) is 5.10. The number of rotatable bonds is 3. The number of carbonyl (C=O) groups excluding carboxylic acids is 1. The quantitative estimate of drug-likeness (QED) is 0.851. The number of amides is 2. The number of benzene rings is 2. The number of piperazine rings is 1. The third-order valence-electron chi connectivity index (χ3n) is 4.81. The van der Waals surface area contributed by atoms with E-state index in [9.17, 15) is 13.6 Å². The molecule has 0 saturated carbocycles. The van der Waals surface area contributed by atoms with Gasteiger partial charge in [-0.1, -0.05) is 23.7 Å². The average molecular weight is 394 g/mol. The highest BCUT2D eigenvalue weighted by molar-refractivity contribution is 6.30. The maximum atomic E-state index is 13.5. The molecular weight excluding hydrogens is 372 g/mol. The van der Waals surface area contributed by atoms with Crippen LogP contribution in [0.2, 0.25) is 5.02 Å². The molecule has 144 valence electrons. The Kier molecular flexibility index (Phi) is 5.97. The second kappa shape index (κ2) is 8.23. The fourth-order valence-corrected chi connectivity index (χ4v) is 3.63. The zero-order valence-electron chi connectivity index (χ0n) is 15.3. The lowest BCUT2D eigenvalue weighted by molar-refractivity contribution is 0.126. The maximum absolute atomic E-state index is 13.5. The lowest BCUT2D eigenvalue weighted by Crippen LogP contribution is -2.52. The van der Waals surface area contributed by atoms with Crippen molar-refractivity contribution in [2.24, 2.45) is 0 Å². The summed E-state index contributed by atoms with van der Waals surface area (Å²) in [6.45, 7) is 4.01. The van der Waals surface area contributed by atoms with Gasteiger partial charge in [0.25, 0.3) is 0 Å². The molecule has 0 aliphatic carbocycles. The van der Waals surface area contributed by atoms with E-state index in [4.69, 9.17) is 11.6 Å². The van der Waals surface area contributed by atoms with Crippen LogP contribution >= 0.6 is 11.6 Å². The Morgan fingerprint density at radius 2 is 2.07 bits per heavy atom. The summed E-state index contributed by atoms with van der Waals surface area (Å²) in [4.78, 5) is 16.4. The van der Waals surface area contributed by atoms with Crippen LogP contribution in [0.1, 0.15) is 22.7 Å². The van der Waals surface area contributed by atoms with Crippen LogP contribution in [0.4, 0.5) is 13.6 Å². The number of hydrogen-bond donors (Lipinski definition) is 1. The highest BCUT2D eigenvalue weighted by Gasteiger charge is 2.30. The first kappa shape index (κ1) is 19.6. The van der Waals surface area contributed by atoms with Gasteiger partial charge >= 0.3 is 6.03 Å². The zero-order chi connectivity index (χ0) is 19.6. The van der Waals surface area contributed by atoms with Gasteiger partial charge in [-0.2, -0.15) is 0 Å². The van der Waals surface area contributed by atoms with Crippen LogP contribution in [0.15, 0.2) is 36.4 Å². The van der Waals surface area contributed by atoms with Gasteiger partial charge in [-0.3, -0.25) is 0 Å². The van der Waals surface area contributed by atoms with Gasteiger partial charge in [0.2, 0.25) is 0 Å². The van der Waals surface area contributed by atoms with E-state index in [1.54, 1.807) is 29.0 Å². The Balaban J connectivity index is 1.78. The smallest absolute Gasteiger partial charge is 0.320 e. The molecule has 3 rings (SSSR count). The zero-order valence-corrected chi connectivity index (χ0v) is 16.1. The molecule has 0 unspecified atom stereocenters. The molecule has 2 amide bonds. The van der Waals surface area contributed by atoms with E-state index in [2.05, 4.69) is 5.32 Å². The summed E-state index contributed by atoms with van der Waals surface area (Å²) in [5.74, 6) is -0.772. The standard InChI is InChI=1S/C20H22ClF2N3O/c1-13-9-15(22)4-5-16(13)19-11-24-7-8-26(19)20(27)25(2)12-14-3-6-18(23)17(21)10-14/h3-6,9-10,19,24H,7-8,11-12H2,1-2H3/t19-/m1/s1. The van der Waals surface area contributed by atoms with Crippen LogP contribution in [-0.4, -0.2) is 42.5 Å². The van der Waals surface area contributed by atoms with Crippen molar-refractivity contribution < 1.29 is 13.6 Å². The molecular formula is C20H22ClF2N3O. The topological polar surface area (TPSA) is 35.6 Å². The van der Waals surface area contributed by atoms with Gasteiger partial charge in [0.05, 0.1) is 11.1 Å². The first-order valence-corrected chi connectivity index (χ1v) is 9.17. The van der Waals surface area contributed by atoms with E-state index in [1.165, 1.54) is 24.3 Å². The second-order valence-corrected chi connectivity index (χ2v) is 7.21. The largest absolute Gasteiger partial charge is 0.323 e. The van der Waals surface area contributed by atoms with Crippen molar-refractivity contribution >= 4 is 17.6 Å². The molecule has 0 aromatic heterocycles. The SMILES string of the molecule is Cc1cc(F)ccc1[C@H]1CNCCN1C(=O)N(C)Cc1ccc(F)c(Cl)c1. The minimum atomic E-state index is -0.483. The van der Waals surface area contributed by atoms with Crippen molar-refractivity contribution in [3.63, 3.8) is 0 Å². The molecule has 1 aliphatic rings. The van der Waals surface area contributed by atoms with Crippen LogP contribution in [-0.2, 0) is 6.54 Å². The summed E-state index contributed by atoms with van der Waals surface area (Å²) in [7, 11) is 1.70. The maximum Gasteiger partial charge on any atom is 0.320 e. The molecule has 2 aromatic carbocycles. The van der Waals surface area contributed by atoms with Gasteiger partial charge in [0.1, 0.15) is 11.6 Å². The van der Waals surface area contributed by atoms with Crippen LogP contribution in [0.5, 0.6) is 0 Å². The number of halogens is 3. The van der Waals surface area contributed by atoms with Crippen molar-refractivity contribution in [3.8, 4) is 0 Å². The second-order valence-electron chi connectivity index (χ2n) is 6.80. The number of aryl methyl sites for hydroxylation is 1. The molecule has 1 N–H and O–H groups in total. The van der Waals surface area contributed by atoms with Gasteiger partial charge in [0, 0.05) is 33.2 Å². The molecule has 1 heterocycles. The van der Waals surface area contributed by atoms with Gasteiger partial charge < -0.3 is 15.1 Å². The number of carbonyl (C=O) groups is 1. The Morgan fingerprint density at radius 1 is 1.30 bits per heavy atom. The lowest BCUT2D eigenvalue weighted by atomic mass is 9.98. The number of hydrogen-bond acceptors (Lipinski definition) is 2. The van der Waals surface area contributed by atoms with Crippen LogP contribution in [0, 0.1) is 18.6 Å². The normalized spacial score (nSPS) is 17.1. The summed E-state index contributed by atoms with van der Waals surface area (Å²) in [5.41, 5.74) is 2.49. The summed E-state index contributed by atoms with van der Waals surface area (Å²) >= 11 is 5.83. The predicted molar refractivity (Wildman–Crippen MR) is 102 cm³/mol. The summed E-state index contributed by atoms with van der Waals surface area (Å²) in [6.07, 6.45) is 0. The minimum absolute atomic E-state index is 0.0373. The van der Waals surface area contributed by atoms with Crippen LogP contribution in [0.3, 0.4) is 0 Å². The monoisotopic (exact) mass is 393 g/mol. The average Bonchev–Trinajstić information content (AvgIpc) is 2.64. The molecule has 1 saturated heterocycles. The first-order chi connectivity index (χ1) is 12.9. The Labute approximate surface area is 162 Å². The van der Waals surface area contributed by atoms with Crippen molar-refractivity contribution in [3.05, 3.63) is 69.7 Å². The van der Waals surface area contributed by atoms with Crippen LogP contribution < -0.4 is 5.32 Å². The van der Waals surface area contributed by atoms with Gasteiger partial charge in [-0.15, -0.1) is 0 Å². The van der Waals surface area contributed by atoms with Crippen molar-refractivity contribution in [2.45, 2.75) is 19.5 Å². The molecule has 0 spiro atoms. The summed E-state index contributed by atoms with van der Waals surface area (Å²) in [6, 6.07) is 8.77. The van der Waals surface area contributed by atoms with E-state index in [0.717, 1.165) is 16.7 Å². The molecule has 1 fully saturated rings. The van der Waals surface area contributed by atoms with Crippen molar-refractivity contribution in [1.82, 2.24) is 15.1 Å².